The van der Waals surface area contributed by atoms with E-state index in [9.17, 15) is 19.9 Å². The summed E-state index contributed by atoms with van der Waals surface area (Å²) >= 11 is 13.4. The van der Waals surface area contributed by atoms with Crippen LogP contribution in [-0.2, 0) is 17.7 Å². The lowest BCUT2D eigenvalue weighted by Crippen LogP contribution is -2.53. The predicted molar refractivity (Wildman–Crippen MR) is 198 cm³/mol. The molecular weight excluding hydrogens is 736 g/mol. The highest BCUT2D eigenvalue weighted by molar-refractivity contribution is 6.35. The number of piperidine rings is 3. The number of aromatic nitrogens is 1. The first-order valence-electron chi connectivity index (χ1n) is 18.3. The Morgan fingerprint density at radius 2 is 1.72 bits per heavy atom. The molecule has 0 spiro atoms. The van der Waals surface area contributed by atoms with Crippen molar-refractivity contribution in [2.75, 3.05) is 31.6 Å². The molecule has 4 fully saturated rings. The zero-order valence-corrected chi connectivity index (χ0v) is 31.4. The highest BCUT2D eigenvalue weighted by atomic mass is 35.5. The predicted octanol–water partition coefficient (Wildman–Crippen LogP) is 6.96. The summed E-state index contributed by atoms with van der Waals surface area (Å²) in [6, 6.07) is 16.0. The highest BCUT2D eigenvalue weighted by Crippen LogP contribution is 2.42. The summed E-state index contributed by atoms with van der Waals surface area (Å²) in [6.45, 7) is 2.26. The zero-order chi connectivity index (χ0) is 37.9. The van der Waals surface area contributed by atoms with E-state index in [1.807, 2.05) is 12.1 Å². The van der Waals surface area contributed by atoms with Gasteiger partial charge in [-0.15, -0.1) is 0 Å². The van der Waals surface area contributed by atoms with E-state index in [1.54, 1.807) is 31.4 Å². The van der Waals surface area contributed by atoms with E-state index in [-0.39, 0.29) is 52.4 Å². The molecule has 1 aliphatic carbocycles. The Morgan fingerprint density at radius 1 is 1.00 bits per heavy atom. The Labute approximate surface area is 323 Å². The van der Waals surface area contributed by atoms with Crippen LogP contribution in [0, 0.1) is 11.7 Å². The molecule has 3 aliphatic heterocycles. The van der Waals surface area contributed by atoms with Gasteiger partial charge in [0.15, 0.2) is 11.5 Å². The van der Waals surface area contributed by atoms with Crippen molar-refractivity contribution in [3.05, 3.63) is 117 Å². The van der Waals surface area contributed by atoms with E-state index >= 15 is 4.39 Å². The molecule has 10 nitrogen and oxygen atoms in total. The summed E-state index contributed by atoms with van der Waals surface area (Å²) in [6.07, 6.45) is 7.25. The summed E-state index contributed by atoms with van der Waals surface area (Å²) in [5, 5.41) is 23.5. The molecule has 4 heterocycles. The maximum Gasteiger partial charge on any atom is 0.415 e. The number of rotatable bonds is 12. The fraction of sp³-hybridized carbons (Fsp3) is 0.390. The molecule has 3 saturated heterocycles. The van der Waals surface area contributed by atoms with E-state index in [4.69, 9.17) is 37.4 Å². The number of hydrogen-bond acceptors (Lipinski definition) is 8. The molecule has 1 N–H and O–H groups in total. The second-order valence-corrected chi connectivity index (χ2v) is 15.1. The van der Waals surface area contributed by atoms with E-state index < -0.39 is 23.8 Å². The number of pyridine rings is 1. The van der Waals surface area contributed by atoms with Gasteiger partial charge in [-0.3, -0.25) is 15.0 Å². The average molecular weight is 779 g/mol. The third-order valence-corrected chi connectivity index (χ3v) is 11.6. The molecule has 2 atom stereocenters. The maximum absolute atomic E-state index is 15.6. The van der Waals surface area contributed by atoms with Gasteiger partial charge in [0.25, 0.3) is 0 Å². The molecule has 8 rings (SSSR count). The van der Waals surface area contributed by atoms with Crippen LogP contribution in [0.3, 0.4) is 0 Å². The largest absolute Gasteiger partial charge is 0.545 e. The van der Waals surface area contributed by atoms with Gasteiger partial charge in [0.2, 0.25) is 12.4 Å². The molecule has 0 radical (unpaired) electrons. The number of para-hydroxylation sites is 1. The van der Waals surface area contributed by atoms with Crippen LogP contribution in [0.2, 0.25) is 10.0 Å². The van der Waals surface area contributed by atoms with Crippen molar-refractivity contribution >= 4 is 41.0 Å². The Hall–Kier alpha value is -4.58. The number of fused-ring (bicyclic) bond motifs is 3. The van der Waals surface area contributed by atoms with Crippen LogP contribution in [0.15, 0.2) is 73.1 Å². The molecular formula is C41H42Cl2FN3O7. The van der Waals surface area contributed by atoms with Gasteiger partial charge in [-0.05, 0) is 105 Å². The van der Waals surface area contributed by atoms with Gasteiger partial charge in [0.05, 0.1) is 31.4 Å². The number of amides is 1. The lowest BCUT2D eigenvalue weighted by atomic mass is 9.80. The van der Waals surface area contributed by atoms with Crippen LogP contribution >= 0.6 is 23.2 Å². The molecule has 284 valence electrons. The number of hydrogen-bond donors (Lipinski definition) is 1. The zero-order valence-electron chi connectivity index (χ0n) is 29.9. The van der Waals surface area contributed by atoms with Crippen molar-refractivity contribution in [1.29, 1.82) is 0 Å². The number of benzene rings is 3. The summed E-state index contributed by atoms with van der Waals surface area (Å²) < 4.78 is 34.6. The smallest absolute Gasteiger partial charge is 0.415 e. The number of carboxylic acids is 1. The quantitative estimate of drug-likeness (QED) is 0.121. The molecule has 1 amide bonds. The SMILES string of the molecule is COc1ccc([C@@H](Cc2c(Cl)c[n+](O)cc2Cl)c2c(CN(C(=O)O[C@H]3CN4CCC3CC4)c3ccccc3F)cccc2C(=O)[O-])cc1OC1CCCC1. The topological polar surface area (TPSA) is 115 Å². The number of aromatic carboxylic acids is 1. The Morgan fingerprint density at radius 3 is 2.37 bits per heavy atom. The number of halogens is 3. The fourth-order valence-corrected chi connectivity index (χ4v) is 8.79. The molecule has 3 aromatic carbocycles. The van der Waals surface area contributed by atoms with Crippen LogP contribution in [0.25, 0.3) is 0 Å². The van der Waals surface area contributed by atoms with Gasteiger partial charge in [-0.2, -0.15) is 0 Å². The lowest BCUT2D eigenvalue weighted by molar-refractivity contribution is -0.904. The van der Waals surface area contributed by atoms with E-state index in [1.165, 1.54) is 41.6 Å². The monoisotopic (exact) mass is 777 g/mol. The number of methoxy groups -OCH3 is 1. The summed E-state index contributed by atoms with van der Waals surface area (Å²) in [5.74, 6) is -1.66. The second-order valence-electron chi connectivity index (χ2n) is 14.3. The van der Waals surface area contributed by atoms with E-state index in [0.717, 1.165) is 56.3 Å². The van der Waals surface area contributed by atoms with Crippen LogP contribution in [-0.4, -0.2) is 61.1 Å². The lowest BCUT2D eigenvalue weighted by Gasteiger charge is -2.44. The Kier molecular flexibility index (Phi) is 11.5. The summed E-state index contributed by atoms with van der Waals surface area (Å²) in [4.78, 5) is 30.7. The number of carbonyl (C=O) groups excluding carboxylic acids is 2. The van der Waals surface area contributed by atoms with Crippen LogP contribution in [0.4, 0.5) is 14.9 Å². The molecule has 1 aromatic heterocycles. The minimum atomic E-state index is -1.45. The number of ether oxygens (including phenoxy) is 3. The van der Waals surface area contributed by atoms with E-state index in [2.05, 4.69) is 4.90 Å². The highest BCUT2D eigenvalue weighted by Gasteiger charge is 2.38. The third-order valence-electron chi connectivity index (χ3n) is 11.0. The Bertz CT molecular complexity index is 2000. The van der Waals surface area contributed by atoms with Crippen molar-refractivity contribution in [3.8, 4) is 11.5 Å². The van der Waals surface area contributed by atoms with Gasteiger partial charge in [0.1, 0.15) is 22.0 Å². The van der Waals surface area contributed by atoms with Crippen molar-refractivity contribution in [2.24, 2.45) is 5.92 Å². The maximum atomic E-state index is 15.6. The number of nitrogens with zero attached hydrogens (tertiary/aromatic N) is 3. The molecule has 54 heavy (non-hydrogen) atoms. The van der Waals surface area contributed by atoms with Gasteiger partial charge in [0, 0.05) is 28.3 Å². The van der Waals surface area contributed by atoms with Crippen LogP contribution in [0.5, 0.6) is 11.5 Å². The Balaban J connectivity index is 1.36. The van der Waals surface area contributed by atoms with Crippen molar-refractivity contribution in [2.45, 2.75) is 69.6 Å². The summed E-state index contributed by atoms with van der Waals surface area (Å²) in [7, 11) is 1.55. The van der Waals surface area contributed by atoms with Gasteiger partial charge < -0.3 is 24.1 Å². The third kappa shape index (κ3) is 8.09. The average Bonchev–Trinajstić information content (AvgIpc) is 3.67. The first-order chi connectivity index (χ1) is 26.1. The van der Waals surface area contributed by atoms with Crippen LogP contribution < -0.4 is 24.2 Å². The minimum absolute atomic E-state index is 0.00630. The molecule has 4 aliphatic rings. The van der Waals surface area contributed by atoms with E-state index in [0.29, 0.717) is 40.3 Å². The number of carboxylic acid groups (broad SMARTS) is 1. The molecule has 0 unspecified atom stereocenters. The van der Waals surface area contributed by atoms with Crippen LogP contribution in [0.1, 0.15) is 77.1 Å². The number of anilines is 1. The number of carbonyl (C=O) groups is 2. The van der Waals surface area contributed by atoms with Gasteiger partial charge >= 0.3 is 6.09 Å². The second kappa shape index (κ2) is 16.4. The fourth-order valence-electron chi connectivity index (χ4n) is 8.18. The molecule has 13 heteroatoms. The normalized spacial score (nSPS) is 20.0. The first-order valence-corrected chi connectivity index (χ1v) is 19.1. The molecule has 4 aromatic rings. The molecule has 2 bridgehead atoms. The van der Waals surface area contributed by atoms with Crippen molar-refractivity contribution in [3.63, 3.8) is 0 Å². The standard InChI is InChI=1S/C41H42Cl2FN3O7/c1-52-36-14-13-26(19-37(36)53-28-8-2-3-9-28)30(20-31-32(42)22-46(51)23-33(31)43)39-27(7-6-10-29(39)40(48)49)21-47(35-12-5-4-11-34(35)44)41(50)54-38-24-45-17-15-25(38)16-18-45/h4-7,10-14,19,22-23,25,28,30,38H,2-3,8-9,15-18,20-21,24H2,1H3,(H-,48,49,51)/t30-,38+/m1/s1. The minimum Gasteiger partial charge on any atom is -0.545 e. The molecule has 1 saturated carbocycles. The first kappa shape index (κ1) is 37.7. The van der Waals surface area contributed by atoms with Crippen molar-refractivity contribution in [1.82, 2.24) is 4.90 Å². The van der Waals surface area contributed by atoms with Gasteiger partial charge in [-0.1, -0.05) is 59.6 Å². The van der Waals surface area contributed by atoms with Gasteiger partial charge in [-0.25, -0.2) is 9.18 Å². The summed E-state index contributed by atoms with van der Waals surface area (Å²) in [5.41, 5.74) is 1.65. The van der Waals surface area contributed by atoms with Crippen molar-refractivity contribution < 1.29 is 43.2 Å².